The molecule has 0 unspecified atom stereocenters. The molecule has 3 aromatic rings. The van der Waals surface area contributed by atoms with Gasteiger partial charge in [-0.2, -0.15) is 4.98 Å². The highest BCUT2D eigenvalue weighted by molar-refractivity contribution is 5.80. The molecule has 2 heterocycles. The Morgan fingerprint density at radius 2 is 1.82 bits per heavy atom. The van der Waals surface area contributed by atoms with Crippen molar-refractivity contribution in [3.8, 4) is 11.3 Å². The lowest BCUT2D eigenvalue weighted by molar-refractivity contribution is -0.120. The lowest BCUT2D eigenvalue weighted by atomic mass is 10.1. The van der Waals surface area contributed by atoms with Gasteiger partial charge in [0, 0.05) is 17.3 Å². The molecule has 28 heavy (non-hydrogen) atoms. The fraction of sp³-hybridized carbons (Fsp3) is 0.200. The normalized spacial score (nSPS) is 9.86. The molecule has 0 aliphatic heterocycles. The molecule has 0 aliphatic rings. The van der Waals surface area contributed by atoms with Crippen LogP contribution in [-0.2, 0) is 11.2 Å². The summed E-state index contributed by atoms with van der Waals surface area (Å²) in [5.74, 6) is -0.551. The van der Waals surface area contributed by atoms with Gasteiger partial charge in [0.15, 0.2) is 5.82 Å². The zero-order valence-electron chi connectivity index (χ0n) is 16.0. The molecule has 1 aromatic carbocycles. The zero-order valence-corrected chi connectivity index (χ0v) is 16.0. The van der Waals surface area contributed by atoms with Crippen LogP contribution in [0.4, 0.5) is 16.2 Å². The first-order valence-electron chi connectivity index (χ1n) is 8.88. The third-order valence-corrected chi connectivity index (χ3v) is 3.69. The summed E-state index contributed by atoms with van der Waals surface area (Å²) in [6.45, 7) is 5.81. The minimum absolute atomic E-state index is 0.0655. The number of pyridine rings is 1. The Bertz CT molecular complexity index is 933. The second kappa shape index (κ2) is 9.96. The van der Waals surface area contributed by atoms with Crippen molar-refractivity contribution < 1.29 is 9.18 Å². The number of carbonyl (C=O) groups excluding carboxylic acids is 1. The number of anilines is 2. The molecule has 0 aliphatic carbocycles. The van der Waals surface area contributed by atoms with Crippen molar-refractivity contribution in [2.75, 3.05) is 11.2 Å². The Morgan fingerprint density at radius 3 is 2.50 bits per heavy atom. The van der Waals surface area contributed by atoms with Crippen LogP contribution in [0.25, 0.3) is 11.3 Å². The molecule has 0 bridgehead atoms. The van der Waals surface area contributed by atoms with E-state index in [-0.39, 0.29) is 18.1 Å². The maximum atomic E-state index is 13.6. The Hall–Kier alpha value is -3.55. The van der Waals surface area contributed by atoms with Gasteiger partial charge in [-0.1, -0.05) is 44.2 Å². The van der Waals surface area contributed by atoms with Crippen molar-refractivity contribution in [3.63, 3.8) is 0 Å². The fourth-order valence-electron chi connectivity index (χ4n) is 2.41. The fourth-order valence-corrected chi connectivity index (χ4v) is 2.41. The lowest BCUT2D eigenvalue weighted by Crippen LogP contribution is -2.32. The number of hydrogen-bond donors (Lipinski definition) is 3. The van der Waals surface area contributed by atoms with Gasteiger partial charge in [-0.3, -0.25) is 20.6 Å². The van der Waals surface area contributed by atoms with Crippen molar-refractivity contribution in [1.82, 2.24) is 20.4 Å². The standard InChI is InChI=1S/C18H17FN6O.C2H6/c1-11-16(12-6-3-2-4-7-12)22-18(20)23-17(11)25-24-15(26)10-14-13(19)8-5-9-21-14;1-2/h2-9H,10H2,1H3,(H,24,26)(H3,20,22,23,25);1-2H3. The van der Waals surface area contributed by atoms with Gasteiger partial charge in [0.05, 0.1) is 17.8 Å². The Morgan fingerprint density at radius 1 is 1.11 bits per heavy atom. The van der Waals surface area contributed by atoms with E-state index in [0.29, 0.717) is 11.5 Å². The van der Waals surface area contributed by atoms with E-state index < -0.39 is 11.7 Å². The Balaban J connectivity index is 0.00000136. The first-order chi connectivity index (χ1) is 13.5. The number of nitrogens with zero attached hydrogens (tertiary/aromatic N) is 3. The highest BCUT2D eigenvalue weighted by Crippen LogP contribution is 2.25. The minimum atomic E-state index is -0.531. The summed E-state index contributed by atoms with van der Waals surface area (Å²) in [5, 5.41) is 0. The van der Waals surface area contributed by atoms with E-state index in [2.05, 4.69) is 25.8 Å². The van der Waals surface area contributed by atoms with Crippen LogP contribution in [0.3, 0.4) is 0 Å². The van der Waals surface area contributed by atoms with E-state index in [9.17, 15) is 9.18 Å². The summed E-state index contributed by atoms with van der Waals surface area (Å²) >= 11 is 0. The maximum Gasteiger partial charge on any atom is 0.244 e. The number of hydrazine groups is 1. The number of rotatable bonds is 5. The number of nitrogens with one attached hydrogen (secondary N) is 2. The summed E-state index contributed by atoms with van der Waals surface area (Å²) in [6.07, 6.45) is 1.23. The van der Waals surface area contributed by atoms with Crippen LogP contribution in [-0.4, -0.2) is 20.9 Å². The van der Waals surface area contributed by atoms with Gasteiger partial charge >= 0.3 is 0 Å². The number of aromatic nitrogens is 3. The highest BCUT2D eigenvalue weighted by Gasteiger charge is 2.13. The van der Waals surface area contributed by atoms with Crippen molar-refractivity contribution in [3.05, 3.63) is 65.7 Å². The molecule has 4 N–H and O–H groups in total. The topological polar surface area (TPSA) is 106 Å². The summed E-state index contributed by atoms with van der Waals surface area (Å²) in [6, 6.07) is 12.2. The largest absolute Gasteiger partial charge is 0.368 e. The van der Waals surface area contributed by atoms with Crippen LogP contribution in [0, 0.1) is 12.7 Å². The molecule has 0 spiro atoms. The maximum absolute atomic E-state index is 13.6. The molecule has 7 nitrogen and oxygen atoms in total. The molecule has 0 saturated heterocycles. The predicted octanol–water partition coefficient (Wildman–Crippen LogP) is 3.28. The third-order valence-electron chi connectivity index (χ3n) is 3.69. The average molecular weight is 382 g/mol. The SMILES string of the molecule is CC.Cc1c(NNC(=O)Cc2ncccc2F)nc(N)nc1-c1ccccc1. The first-order valence-corrected chi connectivity index (χ1v) is 8.88. The molecule has 146 valence electrons. The van der Waals surface area contributed by atoms with Crippen LogP contribution < -0.4 is 16.6 Å². The van der Waals surface area contributed by atoms with E-state index >= 15 is 0 Å². The highest BCUT2D eigenvalue weighted by atomic mass is 19.1. The van der Waals surface area contributed by atoms with E-state index in [1.165, 1.54) is 18.3 Å². The van der Waals surface area contributed by atoms with Crippen LogP contribution in [0.15, 0.2) is 48.7 Å². The van der Waals surface area contributed by atoms with Crippen molar-refractivity contribution in [2.45, 2.75) is 27.2 Å². The average Bonchev–Trinajstić information content (AvgIpc) is 2.72. The summed E-state index contributed by atoms with van der Waals surface area (Å²) < 4.78 is 13.6. The van der Waals surface area contributed by atoms with Crippen LogP contribution in [0.2, 0.25) is 0 Å². The van der Waals surface area contributed by atoms with E-state index in [1.807, 2.05) is 51.1 Å². The number of nitrogen functional groups attached to an aromatic ring is 1. The Kier molecular flexibility index (Phi) is 7.38. The molecule has 0 fully saturated rings. The van der Waals surface area contributed by atoms with Gasteiger partial charge in [0.1, 0.15) is 5.82 Å². The molecule has 1 amide bonds. The van der Waals surface area contributed by atoms with Crippen molar-refractivity contribution in [2.24, 2.45) is 0 Å². The number of halogens is 1. The second-order valence-electron chi connectivity index (χ2n) is 5.55. The molecule has 0 radical (unpaired) electrons. The molecule has 8 heteroatoms. The number of benzene rings is 1. The number of amides is 1. The van der Waals surface area contributed by atoms with E-state index in [4.69, 9.17) is 5.73 Å². The zero-order chi connectivity index (χ0) is 20.5. The van der Waals surface area contributed by atoms with Crippen LogP contribution >= 0.6 is 0 Å². The Labute approximate surface area is 163 Å². The molecular formula is C20H23FN6O. The number of hydrogen-bond acceptors (Lipinski definition) is 6. The van der Waals surface area contributed by atoms with E-state index in [1.54, 1.807) is 0 Å². The quantitative estimate of drug-likeness (QED) is 0.585. The summed E-state index contributed by atoms with van der Waals surface area (Å²) in [5.41, 5.74) is 13.3. The van der Waals surface area contributed by atoms with Crippen LogP contribution in [0.5, 0.6) is 0 Å². The second-order valence-corrected chi connectivity index (χ2v) is 5.55. The summed E-state index contributed by atoms with van der Waals surface area (Å²) in [7, 11) is 0. The van der Waals surface area contributed by atoms with Gasteiger partial charge < -0.3 is 5.73 Å². The molecule has 3 rings (SSSR count). The van der Waals surface area contributed by atoms with Crippen molar-refractivity contribution in [1.29, 1.82) is 0 Å². The third kappa shape index (κ3) is 5.23. The molecular weight excluding hydrogens is 359 g/mol. The van der Waals surface area contributed by atoms with Crippen LogP contribution in [0.1, 0.15) is 25.1 Å². The molecule has 2 aromatic heterocycles. The van der Waals surface area contributed by atoms with Gasteiger partial charge in [-0.15, -0.1) is 0 Å². The lowest BCUT2D eigenvalue weighted by Gasteiger charge is -2.13. The monoisotopic (exact) mass is 382 g/mol. The van der Waals surface area contributed by atoms with Gasteiger partial charge in [0.2, 0.25) is 11.9 Å². The number of carbonyl (C=O) groups is 1. The minimum Gasteiger partial charge on any atom is -0.368 e. The van der Waals surface area contributed by atoms with Crippen molar-refractivity contribution >= 4 is 17.7 Å². The summed E-state index contributed by atoms with van der Waals surface area (Å²) in [4.78, 5) is 24.3. The van der Waals surface area contributed by atoms with Gasteiger partial charge in [0.25, 0.3) is 0 Å². The smallest absolute Gasteiger partial charge is 0.244 e. The number of nitrogens with two attached hydrogens (primary N) is 1. The van der Waals surface area contributed by atoms with E-state index in [0.717, 1.165) is 11.1 Å². The predicted molar refractivity (Wildman–Crippen MR) is 108 cm³/mol. The molecule has 0 atom stereocenters. The van der Waals surface area contributed by atoms with Gasteiger partial charge in [-0.05, 0) is 19.1 Å². The first kappa shape index (κ1) is 20.8. The van der Waals surface area contributed by atoms with Gasteiger partial charge in [-0.25, -0.2) is 9.37 Å². The molecule has 0 saturated carbocycles.